The first-order chi connectivity index (χ1) is 21.7. The van der Waals surface area contributed by atoms with Crippen molar-refractivity contribution in [3.8, 4) is 22.5 Å². The van der Waals surface area contributed by atoms with Crippen LogP contribution in [0.3, 0.4) is 0 Å². The maximum atomic E-state index is 15.3. The summed E-state index contributed by atoms with van der Waals surface area (Å²) in [7, 11) is -3.17. The fourth-order valence-electron chi connectivity index (χ4n) is 6.17. The molecule has 8 rings (SSSR count). The number of aromatic nitrogens is 2. The maximum Gasteiger partial charge on any atom is 0.171 e. The zero-order chi connectivity index (χ0) is 29.5. The summed E-state index contributed by atoms with van der Waals surface area (Å²) < 4.78 is 15.3. The van der Waals surface area contributed by atoms with Gasteiger partial charge in [-0.1, -0.05) is 146 Å². The average molecular weight is 583 g/mol. The van der Waals surface area contributed by atoms with E-state index in [0.717, 1.165) is 71.0 Å². The Morgan fingerprint density at radius 2 is 0.886 bits per heavy atom. The van der Waals surface area contributed by atoms with Gasteiger partial charge in [0, 0.05) is 37.8 Å². The van der Waals surface area contributed by atoms with E-state index in [9.17, 15) is 0 Å². The van der Waals surface area contributed by atoms with E-state index in [0.29, 0.717) is 0 Å². The van der Waals surface area contributed by atoms with Crippen molar-refractivity contribution < 1.29 is 4.57 Å². The van der Waals surface area contributed by atoms with Crippen LogP contribution in [-0.2, 0) is 4.57 Å². The number of nitrogens with zero attached hydrogens (tertiary/aromatic N) is 2. The molecule has 0 saturated carbocycles. The van der Waals surface area contributed by atoms with Crippen molar-refractivity contribution in [1.29, 1.82) is 0 Å². The summed E-state index contributed by atoms with van der Waals surface area (Å²) in [6.07, 6.45) is 0. The van der Waals surface area contributed by atoms with Gasteiger partial charge in [-0.05, 0) is 29.0 Å². The van der Waals surface area contributed by atoms with Crippen LogP contribution in [0.25, 0.3) is 55.1 Å². The summed E-state index contributed by atoms with van der Waals surface area (Å²) in [4.78, 5) is 10.3. The van der Waals surface area contributed by atoms with Crippen LogP contribution in [0.1, 0.15) is 0 Å². The van der Waals surface area contributed by atoms with E-state index in [1.165, 1.54) is 0 Å². The van der Waals surface area contributed by atoms with Gasteiger partial charge in [0.05, 0.1) is 22.4 Å². The molecule has 0 aliphatic heterocycles. The summed E-state index contributed by atoms with van der Waals surface area (Å²) in [6, 6.07) is 54.9. The molecule has 0 unspecified atom stereocenters. The number of benzene rings is 6. The molecule has 0 bridgehead atoms. The highest BCUT2D eigenvalue weighted by Gasteiger charge is 2.31. The summed E-state index contributed by atoms with van der Waals surface area (Å²) in [6.45, 7) is 0. The molecule has 6 aromatic carbocycles. The minimum atomic E-state index is -3.17. The van der Waals surface area contributed by atoms with E-state index in [1.54, 1.807) is 0 Å². The minimum Gasteiger partial charge on any atom is -0.309 e. The quantitative estimate of drug-likeness (QED) is 0.150. The minimum absolute atomic E-state index is 0.819. The number of hydrogen-bond donors (Lipinski definition) is 0. The Labute approximate surface area is 255 Å². The second kappa shape index (κ2) is 10.7. The summed E-state index contributed by atoms with van der Waals surface area (Å²) >= 11 is 0. The van der Waals surface area contributed by atoms with Crippen LogP contribution in [0.15, 0.2) is 164 Å². The van der Waals surface area contributed by atoms with Gasteiger partial charge in [-0.3, -0.25) is 0 Å². The van der Waals surface area contributed by atoms with E-state index < -0.39 is 7.14 Å². The summed E-state index contributed by atoms with van der Waals surface area (Å²) in [5.74, 6) is 0. The molecule has 2 heterocycles. The Bertz CT molecular complexity index is 2310. The Morgan fingerprint density at radius 1 is 0.409 bits per heavy atom. The van der Waals surface area contributed by atoms with Crippen molar-refractivity contribution in [2.75, 3.05) is 0 Å². The lowest BCUT2D eigenvalue weighted by Gasteiger charge is -2.22. The number of rotatable bonds is 5. The third-order valence-corrected chi connectivity index (χ3v) is 11.5. The zero-order valence-corrected chi connectivity index (χ0v) is 24.7. The summed E-state index contributed by atoms with van der Waals surface area (Å²) in [5.41, 5.74) is 5.59. The molecule has 0 radical (unpaired) electrons. The highest BCUT2D eigenvalue weighted by Crippen LogP contribution is 2.45. The standard InChI is InChI=1S/C40H27N2OP/c43-44(31-14-6-2-7-15-31,32-16-8-3-9-17-32)38-27-24-34(33-18-10-11-19-35(33)38)37-26-23-30-21-20-29-22-25-36(28-12-4-1-5-13-28)41-39(29)40(30)42-37/h1-27H. The molecule has 0 atom stereocenters. The van der Waals surface area contributed by atoms with E-state index in [4.69, 9.17) is 9.97 Å². The molecule has 0 N–H and O–H groups in total. The van der Waals surface area contributed by atoms with Crippen molar-refractivity contribution >= 4 is 55.6 Å². The van der Waals surface area contributed by atoms with E-state index in [-0.39, 0.29) is 0 Å². The largest absolute Gasteiger partial charge is 0.309 e. The van der Waals surface area contributed by atoms with Crippen LogP contribution in [0.5, 0.6) is 0 Å². The van der Waals surface area contributed by atoms with E-state index in [2.05, 4.69) is 66.7 Å². The Morgan fingerprint density at radius 3 is 1.50 bits per heavy atom. The van der Waals surface area contributed by atoms with E-state index >= 15 is 4.57 Å². The molecular weight excluding hydrogens is 555 g/mol. The molecule has 0 amide bonds. The smallest absolute Gasteiger partial charge is 0.171 e. The second-order valence-corrected chi connectivity index (χ2v) is 13.7. The normalized spacial score (nSPS) is 11.7. The number of pyridine rings is 2. The van der Waals surface area contributed by atoms with Crippen molar-refractivity contribution in [2.24, 2.45) is 0 Å². The molecular formula is C40H27N2OP. The SMILES string of the molecule is O=P(c1ccccc1)(c1ccccc1)c1ccc(-c2ccc3ccc4ccc(-c5ccccc5)nc4c3n2)c2ccccc12. The molecule has 2 aromatic heterocycles. The molecule has 0 spiro atoms. The highest BCUT2D eigenvalue weighted by atomic mass is 31.2. The van der Waals surface area contributed by atoms with Crippen LogP contribution in [0.2, 0.25) is 0 Å². The Hall–Kier alpha value is -5.37. The molecule has 0 fully saturated rings. The molecule has 208 valence electrons. The first-order valence-electron chi connectivity index (χ1n) is 14.7. The summed E-state index contributed by atoms with van der Waals surface area (Å²) in [5, 5.41) is 6.53. The van der Waals surface area contributed by atoms with Gasteiger partial charge in [0.15, 0.2) is 7.14 Å². The number of hydrogen-bond acceptors (Lipinski definition) is 3. The van der Waals surface area contributed by atoms with Crippen molar-refractivity contribution in [3.63, 3.8) is 0 Å². The van der Waals surface area contributed by atoms with Crippen LogP contribution in [0.4, 0.5) is 0 Å². The maximum absolute atomic E-state index is 15.3. The average Bonchev–Trinajstić information content (AvgIpc) is 3.11. The third kappa shape index (κ3) is 4.33. The highest BCUT2D eigenvalue weighted by molar-refractivity contribution is 7.85. The van der Waals surface area contributed by atoms with Crippen LogP contribution in [-0.4, -0.2) is 9.97 Å². The molecule has 8 aromatic rings. The first kappa shape index (κ1) is 26.3. The van der Waals surface area contributed by atoms with E-state index in [1.807, 2.05) is 97.1 Å². The van der Waals surface area contributed by atoms with Crippen molar-refractivity contribution in [3.05, 3.63) is 164 Å². The lowest BCUT2D eigenvalue weighted by molar-refractivity contribution is 0.592. The molecule has 0 aliphatic carbocycles. The van der Waals surface area contributed by atoms with Crippen LogP contribution >= 0.6 is 7.14 Å². The number of fused-ring (bicyclic) bond motifs is 4. The van der Waals surface area contributed by atoms with Crippen LogP contribution < -0.4 is 15.9 Å². The second-order valence-electron chi connectivity index (χ2n) is 10.9. The third-order valence-electron chi connectivity index (χ3n) is 8.35. The monoisotopic (exact) mass is 582 g/mol. The van der Waals surface area contributed by atoms with Gasteiger partial charge in [-0.2, -0.15) is 0 Å². The van der Waals surface area contributed by atoms with Crippen LogP contribution in [0, 0.1) is 0 Å². The molecule has 0 aliphatic rings. The fourth-order valence-corrected chi connectivity index (χ4v) is 9.03. The van der Waals surface area contributed by atoms with Gasteiger partial charge >= 0.3 is 0 Å². The molecule has 4 heteroatoms. The topological polar surface area (TPSA) is 42.9 Å². The lowest BCUT2D eigenvalue weighted by Crippen LogP contribution is -2.25. The molecule has 3 nitrogen and oxygen atoms in total. The first-order valence-corrected chi connectivity index (χ1v) is 16.4. The zero-order valence-electron chi connectivity index (χ0n) is 23.8. The Balaban J connectivity index is 1.34. The lowest BCUT2D eigenvalue weighted by atomic mass is 10.0. The van der Waals surface area contributed by atoms with Gasteiger partial charge in [-0.25, -0.2) is 9.97 Å². The fraction of sp³-hybridized carbons (Fsp3) is 0. The van der Waals surface area contributed by atoms with Crippen molar-refractivity contribution in [1.82, 2.24) is 9.97 Å². The van der Waals surface area contributed by atoms with Gasteiger partial charge in [0.25, 0.3) is 0 Å². The van der Waals surface area contributed by atoms with Gasteiger partial charge < -0.3 is 4.57 Å². The molecule has 0 saturated heterocycles. The van der Waals surface area contributed by atoms with Gasteiger partial charge in [0.1, 0.15) is 0 Å². The van der Waals surface area contributed by atoms with Crippen molar-refractivity contribution in [2.45, 2.75) is 0 Å². The van der Waals surface area contributed by atoms with Gasteiger partial charge in [0.2, 0.25) is 0 Å². The predicted octanol–water partition coefficient (Wildman–Crippen LogP) is 8.91. The predicted molar refractivity (Wildman–Crippen MR) is 185 cm³/mol. The Kier molecular flexibility index (Phi) is 6.40. The van der Waals surface area contributed by atoms with Gasteiger partial charge in [-0.15, -0.1) is 0 Å². The molecule has 44 heavy (non-hydrogen) atoms.